The molecule has 0 saturated carbocycles. The first-order chi connectivity index (χ1) is 13.1. The summed E-state index contributed by atoms with van der Waals surface area (Å²) in [5.74, 6) is 0.506. The quantitative estimate of drug-likeness (QED) is 0.583. The van der Waals surface area contributed by atoms with Crippen molar-refractivity contribution in [1.82, 2.24) is 4.90 Å². The van der Waals surface area contributed by atoms with Crippen molar-refractivity contribution in [3.8, 4) is 5.75 Å². The second-order valence-electron chi connectivity index (χ2n) is 6.59. The summed E-state index contributed by atoms with van der Waals surface area (Å²) in [6, 6.07) is 20.2. The predicted octanol–water partition coefficient (Wildman–Crippen LogP) is 4.64. The van der Waals surface area contributed by atoms with Crippen LogP contribution in [0.3, 0.4) is 0 Å². The third-order valence-electron chi connectivity index (χ3n) is 4.15. The van der Waals surface area contributed by atoms with Gasteiger partial charge in [0.05, 0.1) is 0 Å². The number of ether oxygens (including phenoxy) is 1. The van der Waals surface area contributed by atoms with E-state index < -0.39 is 6.10 Å². The summed E-state index contributed by atoms with van der Waals surface area (Å²) in [7, 11) is 0. The van der Waals surface area contributed by atoms with Gasteiger partial charge < -0.3 is 9.84 Å². The van der Waals surface area contributed by atoms with Crippen LogP contribution in [0.4, 0.5) is 4.39 Å². The SMILES string of the molecule is Cc1ccc(CN(Cc2ccc(F)cc2)C[C@H](O)COc2ccccc2)s1. The summed E-state index contributed by atoms with van der Waals surface area (Å²) in [6.07, 6.45) is -0.619. The van der Waals surface area contributed by atoms with E-state index in [0.717, 1.165) is 17.9 Å². The fourth-order valence-electron chi connectivity index (χ4n) is 2.88. The predicted molar refractivity (Wildman–Crippen MR) is 108 cm³/mol. The molecule has 0 radical (unpaired) electrons. The lowest BCUT2D eigenvalue weighted by atomic mass is 10.2. The first kappa shape index (κ1) is 19.5. The molecule has 142 valence electrons. The van der Waals surface area contributed by atoms with Crippen LogP contribution in [-0.4, -0.2) is 29.3 Å². The van der Waals surface area contributed by atoms with Gasteiger partial charge in [-0.05, 0) is 48.9 Å². The number of hydrogen-bond acceptors (Lipinski definition) is 4. The third-order valence-corrected chi connectivity index (χ3v) is 5.13. The summed E-state index contributed by atoms with van der Waals surface area (Å²) < 4.78 is 18.8. The van der Waals surface area contributed by atoms with Gasteiger partial charge in [-0.1, -0.05) is 30.3 Å². The summed E-state index contributed by atoms with van der Waals surface area (Å²) in [5.41, 5.74) is 1.01. The molecule has 5 heteroatoms. The fraction of sp³-hybridized carbons (Fsp3) is 0.273. The summed E-state index contributed by atoms with van der Waals surface area (Å²) in [4.78, 5) is 4.67. The molecule has 0 aliphatic rings. The molecule has 0 amide bonds. The van der Waals surface area contributed by atoms with Crippen LogP contribution in [0, 0.1) is 12.7 Å². The molecular weight excluding hydrogens is 361 g/mol. The second kappa shape index (κ2) is 9.65. The highest BCUT2D eigenvalue weighted by Gasteiger charge is 2.15. The number of thiophene rings is 1. The number of aryl methyl sites for hydroxylation is 1. The average Bonchev–Trinajstić information content (AvgIpc) is 3.07. The zero-order chi connectivity index (χ0) is 19.1. The highest BCUT2D eigenvalue weighted by atomic mass is 32.1. The number of hydrogen-bond donors (Lipinski definition) is 1. The number of rotatable bonds is 9. The molecule has 1 aromatic heterocycles. The zero-order valence-corrected chi connectivity index (χ0v) is 16.2. The lowest BCUT2D eigenvalue weighted by Gasteiger charge is -2.25. The average molecular weight is 386 g/mol. The molecule has 0 aliphatic heterocycles. The molecule has 3 rings (SSSR count). The summed E-state index contributed by atoms with van der Waals surface area (Å²) >= 11 is 1.75. The van der Waals surface area contributed by atoms with Gasteiger partial charge in [-0.25, -0.2) is 4.39 Å². The zero-order valence-electron chi connectivity index (χ0n) is 15.3. The number of para-hydroxylation sites is 1. The van der Waals surface area contributed by atoms with Crippen LogP contribution < -0.4 is 4.74 Å². The Morgan fingerprint density at radius 2 is 1.74 bits per heavy atom. The van der Waals surface area contributed by atoms with Crippen LogP contribution in [0.25, 0.3) is 0 Å². The van der Waals surface area contributed by atoms with Crippen molar-refractivity contribution in [3.05, 3.63) is 87.9 Å². The van der Waals surface area contributed by atoms with Crippen molar-refractivity contribution in [1.29, 1.82) is 0 Å². The molecule has 27 heavy (non-hydrogen) atoms. The maximum Gasteiger partial charge on any atom is 0.123 e. The van der Waals surface area contributed by atoms with Gasteiger partial charge in [0.15, 0.2) is 0 Å². The highest BCUT2D eigenvalue weighted by molar-refractivity contribution is 7.11. The Hall–Kier alpha value is -2.21. The third kappa shape index (κ3) is 6.47. The van der Waals surface area contributed by atoms with Crippen LogP contribution in [-0.2, 0) is 13.1 Å². The van der Waals surface area contributed by atoms with Crippen LogP contribution in [0.5, 0.6) is 5.75 Å². The van der Waals surface area contributed by atoms with Crippen LogP contribution in [0.15, 0.2) is 66.7 Å². The Balaban J connectivity index is 1.61. The van der Waals surface area contributed by atoms with E-state index in [4.69, 9.17) is 4.74 Å². The first-order valence-corrected chi connectivity index (χ1v) is 9.78. The molecule has 1 N–H and O–H groups in total. The van der Waals surface area contributed by atoms with Gasteiger partial charge in [0.25, 0.3) is 0 Å². The van der Waals surface area contributed by atoms with Crippen molar-refractivity contribution in [2.75, 3.05) is 13.2 Å². The van der Waals surface area contributed by atoms with Gasteiger partial charge in [-0.2, -0.15) is 0 Å². The molecule has 2 aromatic carbocycles. The van der Waals surface area contributed by atoms with E-state index in [1.807, 2.05) is 30.3 Å². The van der Waals surface area contributed by atoms with E-state index in [1.54, 1.807) is 23.5 Å². The van der Waals surface area contributed by atoms with Gasteiger partial charge in [0.1, 0.15) is 24.3 Å². The van der Waals surface area contributed by atoms with Crippen LogP contribution in [0.2, 0.25) is 0 Å². The molecule has 0 saturated heterocycles. The monoisotopic (exact) mass is 385 g/mol. The number of benzene rings is 2. The summed E-state index contributed by atoms with van der Waals surface area (Å²) in [5, 5.41) is 10.5. The molecule has 0 unspecified atom stereocenters. The second-order valence-corrected chi connectivity index (χ2v) is 7.96. The Bertz CT molecular complexity index is 820. The molecule has 0 fully saturated rings. The van der Waals surface area contributed by atoms with Gasteiger partial charge in [0.2, 0.25) is 0 Å². The van der Waals surface area contributed by atoms with Gasteiger partial charge >= 0.3 is 0 Å². The molecule has 3 nitrogen and oxygen atoms in total. The van der Waals surface area contributed by atoms with E-state index in [2.05, 4.69) is 24.0 Å². The van der Waals surface area contributed by atoms with Crippen molar-refractivity contribution in [2.45, 2.75) is 26.1 Å². The lowest BCUT2D eigenvalue weighted by molar-refractivity contribution is 0.0632. The van der Waals surface area contributed by atoms with E-state index in [1.165, 1.54) is 21.9 Å². The largest absolute Gasteiger partial charge is 0.491 e. The van der Waals surface area contributed by atoms with Gasteiger partial charge in [-0.15, -0.1) is 11.3 Å². The van der Waals surface area contributed by atoms with E-state index in [-0.39, 0.29) is 12.4 Å². The molecule has 0 bridgehead atoms. The van der Waals surface area contributed by atoms with E-state index in [9.17, 15) is 9.50 Å². The van der Waals surface area contributed by atoms with Crippen molar-refractivity contribution >= 4 is 11.3 Å². The molecule has 1 atom stereocenters. The molecule has 3 aromatic rings. The molecule has 1 heterocycles. The van der Waals surface area contributed by atoms with E-state index >= 15 is 0 Å². The first-order valence-electron chi connectivity index (χ1n) is 8.96. The van der Waals surface area contributed by atoms with Crippen molar-refractivity contribution in [3.63, 3.8) is 0 Å². The normalized spacial score (nSPS) is 12.3. The Kier molecular flexibility index (Phi) is 6.98. The molecular formula is C22H24FNO2S. The van der Waals surface area contributed by atoms with Crippen molar-refractivity contribution < 1.29 is 14.2 Å². The Morgan fingerprint density at radius 3 is 2.41 bits per heavy atom. The molecule has 0 aliphatic carbocycles. The van der Waals surface area contributed by atoms with Crippen LogP contribution >= 0.6 is 11.3 Å². The van der Waals surface area contributed by atoms with E-state index in [0.29, 0.717) is 13.1 Å². The molecule has 0 spiro atoms. The van der Waals surface area contributed by atoms with Gasteiger partial charge in [-0.3, -0.25) is 4.90 Å². The Morgan fingerprint density at radius 1 is 1.00 bits per heavy atom. The lowest BCUT2D eigenvalue weighted by Crippen LogP contribution is -2.34. The topological polar surface area (TPSA) is 32.7 Å². The minimum Gasteiger partial charge on any atom is -0.491 e. The number of nitrogens with zero attached hydrogens (tertiary/aromatic N) is 1. The van der Waals surface area contributed by atoms with Crippen molar-refractivity contribution in [2.24, 2.45) is 0 Å². The summed E-state index contributed by atoms with van der Waals surface area (Å²) in [6.45, 7) is 4.16. The fourth-order valence-corrected chi connectivity index (χ4v) is 3.82. The smallest absolute Gasteiger partial charge is 0.123 e. The Labute approximate surface area is 163 Å². The van der Waals surface area contributed by atoms with Crippen LogP contribution in [0.1, 0.15) is 15.3 Å². The highest BCUT2D eigenvalue weighted by Crippen LogP contribution is 2.19. The number of aliphatic hydroxyl groups is 1. The minimum absolute atomic E-state index is 0.230. The van der Waals surface area contributed by atoms with Gasteiger partial charge in [0, 0.05) is 29.4 Å². The maximum atomic E-state index is 13.2. The standard InChI is InChI=1S/C22H24FNO2S/c1-17-7-12-22(27-17)15-24(13-18-8-10-19(23)11-9-18)14-20(25)16-26-21-5-3-2-4-6-21/h2-12,20,25H,13-16H2,1H3/t20-/m0/s1. The number of aliphatic hydroxyl groups excluding tert-OH is 1. The minimum atomic E-state index is -0.619. The number of halogens is 1. The maximum absolute atomic E-state index is 13.2.